The Bertz CT molecular complexity index is 737. The number of nitrogens with zero attached hydrogens (tertiary/aromatic N) is 3. The number of benzene rings is 1. The van der Waals surface area contributed by atoms with E-state index in [9.17, 15) is 5.11 Å². The zero-order chi connectivity index (χ0) is 11.1. The highest BCUT2D eigenvalue weighted by Crippen LogP contribution is 2.31. The molecule has 0 aliphatic carbocycles. The molecule has 2 aromatic heterocycles. The van der Waals surface area contributed by atoms with Gasteiger partial charge in [-0.15, -0.1) is 5.10 Å². The van der Waals surface area contributed by atoms with E-state index < -0.39 is 0 Å². The number of phenols is 1. The summed E-state index contributed by atoms with van der Waals surface area (Å²) in [5, 5.41) is 15.5. The number of rotatable bonds is 0. The van der Waals surface area contributed by atoms with Crippen LogP contribution >= 0.6 is 0 Å². The SMILES string of the molecule is [C-]#[N+]c1cc2cccc(O)c2c2ccnn12. The highest BCUT2D eigenvalue weighted by Gasteiger charge is 2.11. The van der Waals surface area contributed by atoms with Crippen molar-refractivity contribution in [3.05, 3.63) is 47.9 Å². The summed E-state index contributed by atoms with van der Waals surface area (Å²) in [5.74, 6) is 0.651. The van der Waals surface area contributed by atoms with Crippen molar-refractivity contribution in [2.75, 3.05) is 0 Å². The molecule has 2 heterocycles. The lowest BCUT2D eigenvalue weighted by Crippen LogP contribution is -1.88. The molecule has 0 fully saturated rings. The predicted octanol–water partition coefficient (Wildman–Crippen LogP) is 2.74. The quantitative estimate of drug-likeness (QED) is 0.578. The molecule has 3 rings (SSSR count). The van der Waals surface area contributed by atoms with Gasteiger partial charge in [0.05, 0.1) is 11.6 Å². The molecule has 0 unspecified atom stereocenters. The number of aromatic nitrogens is 2. The van der Waals surface area contributed by atoms with Gasteiger partial charge >= 0.3 is 0 Å². The Kier molecular flexibility index (Phi) is 1.62. The van der Waals surface area contributed by atoms with Crippen LogP contribution in [0.5, 0.6) is 5.75 Å². The summed E-state index contributed by atoms with van der Waals surface area (Å²) in [6.07, 6.45) is 1.62. The monoisotopic (exact) mass is 209 g/mol. The van der Waals surface area contributed by atoms with Crippen LogP contribution in [-0.2, 0) is 0 Å². The van der Waals surface area contributed by atoms with Gasteiger partial charge in [-0.3, -0.25) is 0 Å². The van der Waals surface area contributed by atoms with E-state index in [1.807, 2.05) is 6.07 Å². The second kappa shape index (κ2) is 2.97. The molecule has 0 amide bonds. The van der Waals surface area contributed by atoms with Gasteiger partial charge in [0.15, 0.2) is 5.52 Å². The second-order valence-corrected chi connectivity index (χ2v) is 3.48. The molecule has 0 atom stereocenters. The Hall–Kier alpha value is -2.54. The van der Waals surface area contributed by atoms with Gasteiger partial charge < -0.3 is 9.95 Å². The lowest BCUT2D eigenvalue weighted by atomic mass is 10.1. The summed E-state index contributed by atoms with van der Waals surface area (Å²) in [7, 11) is 0. The van der Waals surface area contributed by atoms with Crippen molar-refractivity contribution in [2.45, 2.75) is 0 Å². The molecule has 0 radical (unpaired) electrons. The number of fused-ring (bicyclic) bond motifs is 3. The minimum atomic E-state index is 0.208. The topological polar surface area (TPSA) is 41.9 Å². The van der Waals surface area contributed by atoms with E-state index in [-0.39, 0.29) is 5.75 Å². The average molecular weight is 209 g/mol. The summed E-state index contributed by atoms with van der Waals surface area (Å²) in [6, 6.07) is 8.78. The van der Waals surface area contributed by atoms with E-state index in [0.717, 1.165) is 16.3 Å². The van der Waals surface area contributed by atoms with Crippen LogP contribution in [0.4, 0.5) is 5.82 Å². The van der Waals surface area contributed by atoms with E-state index >= 15 is 0 Å². The molecule has 4 heteroatoms. The van der Waals surface area contributed by atoms with Crippen LogP contribution in [0.25, 0.3) is 21.1 Å². The fourth-order valence-corrected chi connectivity index (χ4v) is 1.91. The van der Waals surface area contributed by atoms with E-state index in [1.54, 1.807) is 30.5 Å². The summed E-state index contributed by atoms with van der Waals surface area (Å²) in [5.41, 5.74) is 0.751. The lowest BCUT2D eigenvalue weighted by molar-refractivity contribution is 0.482. The summed E-state index contributed by atoms with van der Waals surface area (Å²) in [6.45, 7) is 7.10. The molecule has 0 bridgehead atoms. The molecule has 0 spiro atoms. The summed E-state index contributed by atoms with van der Waals surface area (Å²) < 4.78 is 1.54. The third-order valence-electron chi connectivity index (χ3n) is 2.59. The third-order valence-corrected chi connectivity index (χ3v) is 2.59. The van der Waals surface area contributed by atoms with Crippen LogP contribution in [0.2, 0.25) is 0 Å². The maximum atomic E-state index is 9.83. The van der Waals surface area contributed by atoms with Crippen molar-refractivity contribution in [3.63, 3.8) is 0 Å². The van der Waals surface area contributed by atoms with E-state index in [1.165, 1.54) is 4.52 Å². The van der Waals surface area contributed by atoms with E-state index in [0.29, 0.717) is 5.82 Å². The van der Waals surface area contributed by atoms with Crippen LogP contribution in [0, 0.1) is 6.57 Å². The van der Waals surface area contributed by atoms with Crippen molar-refractivity contribution in [1.29, 1.82) is 0 Å². The molecule has 1 aromatic carbocycles. The number of phenolic OH excluding ortho intramolecular Hbond substituents is 1. The number of aromatic hydroxyl groups is 1. The minimum absolute atomic E-state index is 0.208. The summed E-state index contributed by atoms with van der Waals surface area (Å²) in [4.78, 5) is 3.42. The Labute approximate surface area is 91.2 Å². The van der Waals surface area contributed by atoms with Crippen LogP contribution in [-0.4, -0.2) is 14.7 Å². The van der Waals surface area contributed by atoms with Crippen molar-refractivity contribution in [3.8, 4) is 5.75 Å². The van der Waals surface area contributed by atoms with Crippen LogP contribution in [0.1, 0.15) is 0 Å². The van der Waals surface area contributed by atoms with Gasteiger partial charge in [0, 0.05) is 6.07 Å². The Morgan fingerprint density at radius 2 is 2.19 bits per heavy atom. The second-order valence-electron chi connectivity index (χ2n) is 3.48. The number of hydrogen-bond acceptors (Lipinski definition) is 2. The maximum Gasteiger partial charge on any atom is 0.256 e. The van der Waals surface area contributed by atoms with Crippen molar-refractivity contribution >= 4 is 22.1 Å². The molecular formula is C12H7N3O. The average Bonchev–Trinajstić information content (AvgIpc) is 2.76. The standard InChI is InChI=1S/C12H7N3O/c1-13-11-7-8-3-2-4-10(16)12(8)9-5-6-14-15(9)11/h2-7,16H. The first-order valence-electron chi connectivity index (χ1n) is 4.77. The first kappa shape index (κ1) is 8.74. The van der Waals surface area contributed by atoms with Gasteiger partial charge in [-0.1, -0.05) is 18.7 Å². The smallest absolute Gasteiger partial charge is 0.256 e. The normalized spacial score (nSPS) is 10.7. The Balaban J connectivity index is 2.66. The highest BCUT2D eigenvalue weighted by molar-refractivity contribution is 6.01. The largest absolute Gasteiger partial charge is 0.507 e. The minimum Gasteiger partial charge on any atom is -0.507 e. The van der Waals surface area contributed by atoms with Gasteiger partial charge in [0.2, 0.25) is 0 Å². The van der Waals surface area contributed by atoms with Gasteiger partial charge in [-0.25, -0.2) is 0 Å². The van der Waals surface area contributed by atoms with Crippen LogP contribution < -0.4 is 0 Å². The number of pyridine rings is 1. The van der Waals surface area contributed by atoms with Gasteiger partial charge in [-0.05, 0) is 17.5 Å². The zero-order valence-corrected chi connectivity index (χ0v) is 8.25. The van der Waals surface area contributed by atoms with E-state index in [2.05, 4.69) is 9.94 Å². The van der Waals surface area contributed by atoms with E-state index in [4.69, 9.17) is 6.57 Å². The molecule has 3 aromatic rings. The van der Waals surface area contributed by atoms with Crippen molar-refractivity contribution < 1.29 is 5.11 Å². The van der Waals surface area contributed by atoms with Gasteiger partial charge in [-0.2, -0.15) is 4.52 Å². The predicted molar refractivity (Wildman–Crippen MR) is 60.6 cm³/mol. The molecule has 0 saturated heterocycles. The number of hydrogen-bond donors (Lipinski definition) is 1. The van der Waals surface area contributed by atoms with Crippen molar-refractivity contribution in [2.24, 2.45) is 0 Å². The fourth-order valence-electron chi connectivity index (χ4n) is 1.91. The zero-order valence-electron chi connectivity index (χ0n) is 8.25. The molecular weight excluding hydrogens is 202 g/mol. The molecule has 1 N–H and O–H groups in total. The Morgan fingerprint density at radius 1 is 1.31 bits per heavy atom. The Morgan fingerprint density at radius 3 is 3.00 bits per heavy atom. The lowest BCUT2D eigenvalue weighted by Gasteiger charge is -2.03. The molecule has 16 heavy (non-hydrogen) atoms. The first-order chi connectivity index (χ1) is 7.81. The molecule has 0 aliphatic rings. The highest BCUT2D eigenvalue weighted by atomic mass is 16.3. The fraction of sp³-hybridized carbons (Fsp3) is 0. The molecule has 76 valence electrons. The molecule has 0 aliphatic heterocycles. The first-order valence-corrected chi connectivity index (χ1v) is 4.77. The van der Waals surface area contributed by atoms with Crippen molar-refractivity contribution in [1.82, 2.24) is 9.61 Å². The summed E-state index contributed by atoms with van der Waals surface area (Å²) >= 11 is 0. The molecule has 0 saturated carbocycles. The van der Waals surface area contributed by atoms with Gasteiger partial charge in [0.25, 0.3) is 5.82 Å². The van der Waals surface area contributed by atoms with Gasteiger partial charge in [0.1, 0.15) is 5.75 Å². The maximum absolute atomic E-state index is 9.83. The third kappa shape index (κ3) is 0.997. The van der Waals surface area contributed by atoms with Crippen LogP contribution in [0.15, 0.2) is 36.5 Å². The van der Waals surface area contributed by atoms with Crippen LogP contribution in [0.3, 0.4) is 0 Å². The molecule has 4 nitrogen and oxygen atoms in total.